The van der Waals surface area contributed by atoms with Crippen LogP contribution >= 0.6 is 11.6 Å². The van der Waals surface area contributed by atoms with Crippen LogP contribution < -0.4 is 15.4 Å². The van der Waals surface area contributed by atoms with Crippen molar-refractivity contribution in [1.82, 2.24) is 15.5 Å². The van der Waals surface area contributed by atoms with Gasteiger partial charge in [-0.3, -0.25) is 4.99 Å². The molecule has 26 heavy (non-hydrogen) atoms. The summed E-state index contributed by atoms with van der Waals surface area (Å²) in [5.74, 6) is 1.59. The predicted octanol–water partition coefficient (Wildman–Crippen LogP) is 2.38. The predicted molar refractivity (Wildman–Crippen MR) is 107 cm³/mol. The van der Waals surface area contributed by atoms with Gasteiger partial charge >= 0.3 is 0 Å². The molecule has 7 heteroatoms. The summed E-state index contributed by atoms with van der Waals surface area (Å²) in [6.45, 7) is 5.11. The SMILES string of the molecule is CN=C(NCC(C)Oc1ccc(Cl)cc1)NCC1(N(C)C)CCOCC1. The van der Waals surface area contributed by atoms with Gasteiger partial charge in [0.05, 0.1) is 6.54 Å². The summed E-state index contributed by atoms with van der Waals surface area (Å²) >= 11 is 5.90. The monoisotopic (exact) mass is 382 g/mol. The van der Waals surface area contributed by atoms with Crippen molar-refractivity contribution in [2.24, 2.45) is 4.99 Å². The number of aliphatic imine (C=N–C) groups is 1. The number of nitrogens with zero attached hydrogens (tertiary/aromatic N) is 2. The van der Waals surface area contributed by atoms with Crippen LogP contribution in [0.2, 0.25) is 5.02 Å². The molecule has 1 saturated heterocycles. The lowest BCUT2D eigenvalue weighted by Crippen LogP contribution is -2.57. The van der Waals surface area contributed by atoms with Crippen molar-refractivity contribution in [3.63, 3.8) is 0 Å². The Labute approximate surface area is 161 Å². The molecule has 146 valence electrons. The minimum Gasteiger partial charge on any atom is -0.489 e. The summed E-state index contributed by atoms with van der Waals surface area (Å²) < 4.78 is 11.4. The molecule has 0 aromatic heterocycles. The van der Waals surface area contributed by atoms with Crippen LogP contribution in [0.1, 0.15) is 19.8 Å². The zero-order valence-electron chi connectivity index (χ0n) is 16.2. The van der Waals surface area contributed by atoms with E-state index < -0.39 is 0 Å². The molecule has 1 aromatic rings. The molecule has 1 fully saturated rings. The fourth-order valence-corrected chi connectivity index (χ4v) is 3.16. The van der Waals surface area contributed by atoms with E-state index in [0.29, 0.717) is 11.6 Å². The third kappa shape index (κ3) is 6.04. The van der Waals surface area contributed by atoms with Gasteiger partial charge in [-0.1, -0.05) is 11.6 Å². The summed E-state index contributed by atoms with van der Waals surface area (Å²) in [6.07, 6.45) is 2.03. The van der Waals surface area contributed by atoms with Gasteiger partial charge in [-0.25, -0.2) is 0 Å². The van der Waals surface area contributed by atoms with E-state index in [1.165, 1.54) is 0 Å². The lowest BCUT2D eigenvalue weighted by molar-refractivity contribution is -0.00502. The number of nitrogens with one attached hydrogen (secondary N) is 2. The van der Waals surface area contributed by atoms with Gasteiger partial charge in [-0.2, -0.15) is 0 Å². The Balaban J connectivity index is 1.80. The molecule has 0 saturated carbocycles. The lowest BCUT2D eigenvalue weighted by Gasteiger charge is -2.43. The highest BCUT2D eigenvalue weighted by Gasteiger charge is 2.34. The van der Waals surface area contributed by atoms with Crippen molar-refractivity contribution in [1.29, 1.82) is 0 Å². The van der Waals surface area contributed by atoms with Gasteiger partial charge in [0.25, 0.3) is 0 Å². The maximum Gasteiger partial charge on any atom is 0.191 e. The van der Waals surface area contributed by atoms with Crippen LogP contribution in [0.15, 0.2) is 29.3 Å². The zero-order chi connectivity index (χ0) is 19.0. The van der Waals surface area contributed by atoms with Gasteiger partial charge in [0.1, 0.15) is 11.9 Å². The number of rotatable bonds is 7. The first-order valence-corrected chi connectivity index (χ1v) is 9.45. The van der Waals surface area contributed by atoms with Crippen molar-refractivity contribution in [2.75, 3.05) is 47.4 Å². The van der Waals surface area contributed by atoms with Crippen LogP contribution in [-0.4, -0.2) is 69.9 Å². The molecule has 0 bridgehead atoms. The van der Waals surface area contributed by atoms with Crippen LogP contribution in [-0.2, 0) is 4.74 Å². The third-order valence-electron chi connectivity index (χ3n) is 4.89. The van der Waals surface area contributed by atoms with Crippen LogP contribution in [0.3, 0.4) is 0 Å². The third-order valence-corrected chi connectivity index (χ3v) is 5.14. The molecule has 6 nitrogen and oxygen atoms in total. The number of hydrogen-bond donors (Lipinski definition) is 2. The quantitative estimate of drug-likeness (QED) is 0.560. The summed E-state index contributed by atoms with van der Waals surface area (Å²) in [4.78, 5) is 6.62. The molecule has 2 N–H and O–H groups in total. The molecule has 0 spiro atoms. The second-order valence-electron chi connectivity index (χ2n) is 6.92. The molecule has 2 rings (SSSR count). The van der Waals surface area contributed by atoms with E-state index in [1.54, 1.807) is 7.05 Å². The number of benzene rings is 1. The van der Waals surface area contributed by atoms with Crippen molar-refractivity contribution in [3.05, 3.63) is 29.3 Å². The molecule has 1 heterocycles. The fraction of sp³-hybridized carbons (Fsp3) is 0.632. The van der Waals surface area contributed by atoms with E-state index in [2.05, 4.69) is 34.6 Å². The van der Waals surface area contributed by atoms with Gasteiger partial charge < -0.3 is 25.0 Å². The highest BCUT2D eigenvalue weighted by Crippen LogP contribution is 2.25. The molecule has 1 aliphatic rings. The Morgan fingerprint density at radius 1 is 1.27 bits per heavy atom. The number of halogens is 1. The van der Waals surface area contributed by atoms with E-state index in [4.69, 9.17) is 21.1 Å². The first kappa shape index (κ1) is 20.8. The van der Waals surface area contributed by atoms with Crippen molar-refractivity contribution >= 4 is 17.6 Å². The smallest absolute Gasteiger partial charge is 0.191 e. The molecule has 1 aromatic carbocycles. The van der Waals surface area contributed by atoms with Crippen LogP contribution in [0.25, 0.3) is 0 Å². The second kappa shape index (κ2) is 10.00. The van der Waals surface area contributed by atoms with Gasteiger partial charge in [-0.15, -0.1) is 0 Å². The number of ether oxygens (including phenoxy) is 2. The topological polar surface area (TPSA) is 58.1 Å². The van der Waals surface area contributed by atoms with E-state index >= 15 is 0 Å². The minimum absolute atomic E-state index is 0.000569. The Morgan fingerprint density at radius 2 is 1.92 bits per heavy atom. The zero-order valence-corrected chi connectivity index (χ0v) is 17.0. The molecule has 1 aliphatic heterocycles. The Morgan fingerprint density at radius 3 is 2.50 bits per heavy atom. The molecule has 1 atom stereocenters. The van der Waals surface area contributed by atoms with Gasteiger partial charge in [0.15, 0.2) is 5.96 Å². The maximum absolute atomic E-state index is 5.90. The highest BCUT2D eigenvalue weighted by atomic mass is 35.5. The average molecular weight is 383 g/mol. The van der Waals surface area contributed by atoms with Crippen LogP contribution in [0.5, 0.6) is 5.75 Å². The summed E-state index contributed by atoms with van der Waals surface area (Å²) in [5.41, 5.74) is 0.0985. The van der Waals surface area contributed by atoms with E-state index in [9.17, 15) is 0 Å². The molecule has 1 unspecified atom stereocenters. The Hall–Kier alpha value is -1.50. The molecule has 0 radical (unpaired) electrons. The average Bonchev–Trinajstić information content (AvgIpc) is 2.64. The molecular weight excluding hydrogens is 352 g/mol. The van der Waals surface area contributed by atoms with Gasteiger partial charge in [-0.05, 0) is 58.1 Å². The molecule has 0 aliphatic carbocycles. The van der Waals surface area contributed by atoms with Gasteiger partial charge in [0, 0.05) is 37.4 Å². The second-order valence-corrected chi connectivity index (χ2v) is 7.36. The lowest BCUT2D eigenvalue weighted by atomic mass is 9.88. The largest absolute Gasteiger partial charge is 0.489 e. The number of guanidine groups is 1. The van der Waals surface area contributed by atoms with E-state index in [1.807, 2.05) is 31.2 Å². The minimum atomic E-state index is 0.000569. The van der Waals surface area contributed by atoms with E-state index in [-0.39, 0.29) is 11.6 Å². The Bertz CT molecular complexity index is 571. The maximum atomic E-state index is 5.90. The van der Waals surface area contributed by atoms with Crippen molar-refractivity contribution in [3.8, 4) is 5.75 Å². The first-order chi connectivity index (χ1) is 12.4. The standard InChI is InChI=1S/C19H31ClN4O2/c1-15(26-17-7-5-16(20)6-8-17)13-22-18(21-2)23-14-19(24(3)4)9-11-25-12-10-19/h5-8,15H,9-14H2,1-4H3,(H2,21,22,23). The van der Waals surface area contributed by atoms with E-state index in [0.717, 1.165) is 44.3 Å². The normalized spacial score (nSPS) is 18.5. The van der Waals surface area contributed by atoms with Crippen LogP contribution in [0.4, 0.5) is 0 Å². The molecular formula is C19H31ClN4O2. The first-order valence-electron chi connectivity index (χ1n) is 9.07. The number of hydrogen-bond acceptors (Lipinski definition) is 4. The fourth-order valence-electron chi connectivity index (χ4n) is 3.03. The highest BCUT2D eigenvalue weighted by molar-refractivity contribution is 6.30. The summed E-state index contributed by atoms with van der Waals surface area (Å²) in [6, 6.07) is 7.40. The van der Waals surface area contributed by atoms with Crippen LogP contribution in [0, 0.1) is 0 Å². The Kier molecular flexibility index (Phi) is 8.00. The summed E-state index contributed by atoms with van der Waals surface area (Å²) in [7, 11) is 6.04. The van der Waals surface area contributed by atoms with Crippen molar-refractivity contribution in [2.45, 2.75) is 31.4 Å². The van der Waals surface area contributed by atoms with Crippen molar-refractivity contribution < 1.29 is 9.47 Å². The molecule has 0 amide bonds. The summed E-state index contributed by atoms with van der Waals surface area (Å²) in [5, 5.41) is 7.50. The van der Waals surface area contributed by atoms with Gasteiger partial charge in [0.2, 0.25) is 0 Å². The number of likely N-dealkylation sites (N-methyl/N-ethyl adjacent to an activating group) is 1.